The first-order valence-electron chi connectivity index (χ1n) is 12.7. The van der Waals surface area contributed by atoms with Crippen LogP contribution in [0.1, 0.15) is 27.0 Å². The number of nitrogens with zero attached hydrogens (tertiary/aromatic N) is 4. The van der Waals surface area contributed by atoms with Crippen LogP contribution in [0.4, 0.5) is 16.0 Å². The van der Waals surface area contributed by atoms with Crippen molar-refractivity contribution in [3.05, 3.63) is 101 Å². The molecular formula is C30H28FN5O4. The average molecular weight is 542 g/mol. The number of rotatable bonds is 9. The van der Waals surface area contributed by atoms with Crippen molar-refractivity contribution >= 4 is 23.3 Å². The van der Waals surface area contributed by atoms with Crippen molar-refractivity contribution in [1.82, 2.24) is 14.9 Å². The highest BCUT2D eigenvalue weighted by Crippen LogP contribution is 2.34. The number of hydrogen-bond acceptors (Lipinski definition) is 8. The van der Waals surface area contributed by atoms with Crippen molar-refractivity contribution in [1.29, 1.82) is 0 Å². The molecule has 2 heterocycles. The molecule has 1 aliphatic rings. The Labute approximate surface area is 230 Å². The van der Waals surface area contributed by atoms with Crippen molar-refractivity contribution in [3.63, 3.8) is 0 Å². The highest BCUT2D eigenvalue weighted by molar-refractivity contribution is 6.17. The van der Waals surface area contributed by atoms with Gasteiger partial charge in [-0.15, -0.1) is 0 Å². The quantitative estimate of drug-likeness (QED) is 0.295. The molecular weight excluding hydrogens is 513 g/mol. The fourth-order valence-corrected chi connectivity index (χ4v) is 4.57. The third-order valence-corrected chi connectivity index (χ3v) is 6.55. The van der Waals surface area contributed by atoms with E-state index in [1.807, 2.05) is 18.2 Å². The largest absolute Gasteiger partial charge is 0.497 e. The maximum Gasteiger partial charge on any atom is 0.254 e. The second kappa shape index (κ2) is 12.0. The molecule has 0 bridgehead atoms. The van der Waals surface area contributed by atoms with Gasteiger partial charge < -0.3 is 25.2 Å². The van der Waals surface area contributed by atoms with Crippen molar-refractivity contribution in [2.24, 2.45) is 4.99 Å². The van der Waals surface area contributed by atoms with Gasteiger partial charge in [0, 0.05) is 52.8 Å². The number of carbonyl (C=O) groups is 1. The molecule has 3 N–H and O–H groups in total. The maximum absolute atomic E-state index is 14.8. The Hall–Kier alpha value is -4.67. The number of hydrogen-bond donors (Lipinski definition) is 3. The molecule has 0 spiro atoms. The van der Waals surface area contributed by atoms with Crippen molar-refractivity contribution in [2.75, 3.05) is 38.7 Å². The molecule has 0 unspecified atom stereocenters. The van der Waals surface area contributed by atoms with Crippen LogP contribution in [0, 0.1) is 5.82 Å². The molecule has 0 fully saturated rings. The maximum atomic E-state index is 14.8. The number of methoxy groups -OCH3 is 1. The molecule has 0 saturated heterocycles. The first kappa shape index (κ1) is 26.9. The first-order valence-corrected chi connectivity index (χ1v) is 12.7. The Balaban J connectivity index is 1.45. The third-order valence-electron chi connectivity index (χ3n) is 6.55. The van der Waals surface area contributed by atoms with Gasteiger partial charge in [0.25, 0.3) is 5.91 Å². The van der Waals surface area contributed by atoms with E-state index in [4.69, 9.17) is 14.7 Å². The van der Waals surface area contributed by atoms with Gasteiger partial charge in [-0.3, -0.25) is 9.79 Å². The molecule has 5 rings (SSSR count). The molecule has 0 atom stereocenters. The van der Waals surface area contributed by atoms with Crippen LogP contribution in [0.5, 0.6) is 5.75 Å². The number of ether oxygens (including phenoxy) is 1. The van der Waals surface area contributed by atoms with Gasteiger partial charge in [0.05, 0.1) is 38.3 Å². The van der Waals surface area contributed by atoms with E-state index in [0.717, 1.165) is 11.1 Å². The molecule has 3 aromatic carbocycles. The van der Waals surface area contributed by atoms with Gasteiger partial charge in [-0.25, -0.2) is 14.4 Å². The van der Waals surface area contributed by atoms with Crippen LogP contribution in [0.2, 0.25) is 0 Å². The van der Waals surface area contributed by atoms with Crippen molar-refractivity contribution in [2.45, 2.75) is 6.54 Å². The molecule has 40 heavy (non-hydrogen) atoms. The fourth-order valence-electron chi connectivity index (χ4n) is 4.57. The normalized spacial score (nSPS) is 12.1. The van der Waals surface area contributed by atoms with Gasteiger partial charge in [0.1, 0.15) is 11.6 Å². The van der Waals surface area contributed by atoms with E-state index in [2.05, 4.69) is 10.3 Å². The number of nitrogens with one attached hydrogen (secondary N) is 1. The Morgan fingerprint density at radius 1 is 1.00 bits per heavy atom. The summed E-state index contributed by atoms with van der Waals surface area (Å²) in [6.07, 6.45) is 1.70. The van der Waals surface area contributed by atoms with Crippen LogP contribution in [-0.2, 0) is 6.54 Å². The summed E-state index contributed by atoms with van der Waals surface area (Å²) in [5.41, 5.74) is 4.92. The van der Waals surface area contributed by atoms with E-state index in [9.17, 15) is 19.4 Å². The third kappa shape index (κ3) is 5.54. The van der Waals surface area contributed by atoms with E-state index in [1.165, 1.54) is 11.0 Å². The van der Waals surface area contributed by atoms with Gasteiger partial charge in [-0.1, -0.05) is 12.1 Å². The molecule has 0 aliphatic carbocycles. The minimum atomic E-state index is -0.368. The summed E-state index contributed by atoms with van der Waals surface area (Å²) in [7, 11) is 1.58. The Bertz CT molecular complexity index is 1550. The predicted octanol–water partition coefficient (Wildman–Crippen LogP) is 3.81. The van der Waals surface area contributed by atoms with Crippen LogP contribution < -0.4 is 10.1 Å². The van der Waals surface area contributed by atoms with Crippen LogP contribution in [0.25, 0.3) is 11.3 Å². The van der Waals surface area contributed by atoms with E-state index < -0.39 is 0 Å². The molecule has 1 amide bonds. The topological polar surface area (TPSA) is 120 Å². The van der Waals surface area contributed by atoms with Crippen molar-refractivity contribution in [3.8, 4) is 17.0 Å². The molecule has 1 aromatic heterocycles. The molecule has 0 radical (unpaired) electrons. The summed E-state index contributed by atoms with van der Waals surface area (Å²) in [4.78, 5) is 28.1. The van der Waals surface area contributed by atoms with E-state index in [0.29, 0.717) is 45.5 Å². The summed E-state index contributed by atoms with van der Waals surface area (Å²) in [6.45, 7) is 0.162. The highest BCUT2D eigenvalue weighted by Gasteiger charge is 2.23. The number of aliphatic hydroxyl groups is 2. The lowest BCUT2D eigenvalue weighted by Crippen LogP contribution is -2.35. The molecule has 9 nitrogen and oxygen atoms in total. The van der Waals surface area contributed by atoms with Gasteiger partial charge >= 0.3 is 0 Å². The zero-order chi connectivity index (χ0) is 28.1. The number of anilines is 2. The standard InChI is InChI=1S/C30H28FN5O4/c1-40-22-10-11-23-25(16-22)28(24-4-2-3-5-26(24)31)32-17-20-18-33-30(35-27(20)23)34-21-8-6-19(7-9-21)29(39)36(12-14-37)13-15-38/h2-11,16,18,37-38H,12-15,17H2,1H3,(H,33,34,35). The predicted molar refractivity (Wildman–Crippen MR) is 150 cm³/mol. The number of aliphatic imine (C=N–C) groups is 1. The zero-order valence-electron chi connectivity index (χ0n) is 21.8. The molecule has 204 valence electrons. The molecule has 1 aliphatic heterocycles. The van der Waals surface area contributed by atoms with Gasteiger partial charge in [0.15, 0.2) is 0 Å². The lowest BCUT2D eigenvalue weighted by atomic mass is 9.95. The average Bonchev–Trinajstić information content (AvgIpc) is 3.13. The van der Waals surface area contributed by atoms with Crippen LogP contribution in [0.3, 0.4) is 0 Å². The van der Waals surface area contributed by atoms with E-state index in [-0.39, 0.29) is 44.6 Å². The number of halogens is 1. The minimum Gasteiger partial charge on any atom is -0.497 e. The van der Waals surface area contributed by atoms with Crippen LogP contribution >= 0.6 is 0 Å². The molecule has 4 aromatic rings. The lowest BCUT2D eigenvalue weighted by Gasteiger charge is -2.20. The lowest BCUT2D eigenvalue weighted by molar-refractivity contribution is 0.0685. The Morgan fingerprint density at radius 2 is 1.75 bits per heavy atom. The number of benzene rings is 3. The van der Waals surface area contributed by atoms with Gasteiger partial charge in [-0.2, -0.15) is 0 Å². The highest BCUT2D eigenvalue weighted by atomic mass is 19.1. The number of fused-ring (bicyclic) bond motifs is 3. The second-order valence-corrected chi connectivity index (χ2v) is 9.07. The number of carbonyl (C=O) groups excluding carboxylic acids is 1. The van der Waals surface area contributed by atoms with Crippen LogP contribution in [-0.4, -0.2) is 70.1 Å². The smallest absolute Gasteiger partial charge is 0.254 e. The molecule has 0 saturated carbocycles. The monoisotopic (exact) mass is 541 g/mol. The SMILES string of the molecule is COc1ccc2c(c1)C(c1ccccc1F)=NCc1cnc(Nc3ccc(C(=O)N(CCO)CCO)cc3)nc1-2. The summed E-state index contributed by atoms with van der Waals surface area (Å²) >= 11 is 0. The van der Waals surface area contributed by atoms with Gasteiger partial charge in [0.2, 0.25) is 5.95 Å². The summed E-state index contributed by atoms with van der Waals surface area (Å²) in [5.74, 6) is 0.307. The number of amides is 1. The van der Waals surface area contributed by atoms with Crippen LogP contribution in [0.15, 0.2) is 77.9 Å². The van der Waals surface area contributed by atoms with Crippen molar-refractivity contribution < 1.29 is 24.1 Å². The molecule has 10 heteroatoms. The summed E-state index contributed by atoms with van der Waals surface area (Å²) in [5, 5.41) is 21.6. The number of aliphatic hydroxyl groups excluding tert-OH is 2. The number of aromatic nitrogens is 2. The summed E-state index contributed by atoms with van der Waals surface area (Å²) < 4.78 is 20.3. The second-order valence-electron chi connectivity index (χ2n) is 9.07. The Kier molecular flexibility index (Phi) is 8.09. The minimum absolute atomic E-state index is 0.137. The first-order chi connectivity index (χ1) is 19.5. The van der Waals surface area contributed by atoms with E-state index in [1.54, 1.807) is 55.8 Å². The zero-order valence-corrected chi connectivity index (χ0v) is 21.8. The fraction of sp³-hybridized carbons (Fsp3) is 0.200. The van der Waals surface area contributed by atoms with Gasteiger partial charge in [-0.05, 0) is 54.6 Å². The Morgan fingerprint density at radius 3 is 2.45 bits per heavy atom. The van der Waals surface area contributed by atoms with E-state index >= 15 is 0 Å². The summed E-state index contributed by atoms with van der Waals surface area (Å²) in [6, 6.07) is 18.9.